The zero-order chi connectivity index (χ0) is 19.1. The Labute approximate surface area is 152 Å². The van der Waals surface area contributed by atoms with Gasteiger partial charge in [0.1, 0.15) is 5.75 Å². The molecule has 0 spiro atoms. The van der Waals surface area contributed by atoms with Gasteiger partial charge in [-0.1, -0.05) is 12.1 Å². The minimum absolute atomic E-state index is 0.224. The van der Waals surface area contributed by atoms with Crippen LogP contribution in [0.3, 0.4) is 0 Å². The van der Waals surface area contributed by atoms with Crippen molar-refractivity contribution < 1.29 is 28.5 Å². The standard InChI is InChI=1S/C20H22O6/c1-22-16-9-7-13(10-18(16)24-3)6-8-15(21)14-11-19(25-4)20(26-5)12-17(14)23-2/h6-12H,1-5H3. The summed E-state index contributed by atoms with van der Waals surface area (Å²) in [5.74, 6) is 2.34. The third-order valence-corrected chi connectivity index (χ3v) is 3.81. The molecule has 0 heterocycles. The molecule has 0 aromatic heterocycles. The van der Waals surface area contributed by atoms with Crippen molar-refractivity contribution in [1.29, 1.82) is 0 Å². The van der Waals surface area contributed by atoms with Crippen molar-refractivity contribution in [2.75, 3.05) is 35.5 Å². The van der Waals surface area contributed by atoms with E-state index in [1.165, 1.54) is 27.4 Å². The van der Waals surface area contributed by atoms with Gasteiger partial charge < -0.3 is 23.7 Å². The van der Waals surface area contributed by atoms with Gasteiger partial charge in [0.05, 0.1) is 41.1 Å². The van der Waals surface area contributed by atoms with Crippen LogP contribution in [0.15, 0.2) is 36.4 Å². The van der Waals surface area contributed by atoms with Crippen LogP contribution in [0.2, 0.25) is 0 Å². The number of hydrogen-bond acceptors (Lipinski definition) is 6. The van der Waals surface area contributed by atoms with E-state index in [0.29, 0.717) is 34.3 Å². The van der Waals surface area contributed by atoms with Gasteiger partial charge in [-0.05, 0) is 29.8 Å². The normalized spacial score (nSPS) is 10.5. The minimum Gasteiger partial charge on any atom is -0.496 e. The molecular formula is C20H22O6. The van der Waals surface area contributed by atoms with Gasteiger partial charge in [0, 0.05) is 6.07 Å². The van der Waals surface area contributed by atoms with Crippen LogP contribution in [-0.4, -0.2) is 41.3 Å². The van der Waals surface area contributed by atoms with Crippen LogP contribution < -0.4 is 23.7 Å². The molecule has 0 N–H and O–H groups in total. The van der Waals surface area contributed by atoms with Crippen LogP contribution >= 0.6 is 0 Å². The average molecular weight is 358 g/mol. The molecule has 0 aliphatic carbocycles. The van der Waals surface area contributed by atoms with Gasteiger partial charge in [0.2, 0.25) is 0 Å². The van der Waals surface area contributed by atoms with Crippen molar-refractivity contribution in [1.82, 2.24) is 0 Å². The molecular weight excluding hydrogens is 336 g/mol. The smallest absolute Gasteiger partial charge is 0.189 e. The van der Waals surface area contributed by atoms with Gasteiger partial charge >= 0.3 is 0 Å². The number of allylic oxidation sites excluding steroid dienone is 1. The summed E-state index contributed by atoms with van der Waals surface area (Å²) in [6, 6.07) is 8.61. The Hall–Kier alpha value is -3.15. The van der Waals surface area contributed by atoms with Gasteiger partial charge in [0.25, 0.3) is 0 Å². The summed E-state index contributed by atoms with van der Waals surface area (Å²) in [6.07, 6.45) is 3.16. The van der Waals surface area contributed by atoms with E-state index in [9.17, 15) is 4.79 Å². The largest absolute Gasteiger partial charge is 0.496 e. The van der Waals surface area contributed by atoms with E-state index in [-0.39, 0.29) is 5.78 Å². The molecule has 0 aliphatic heterocycles. The topological polar surface area (TPSA) is 63.2 Å². The third-order valence-electron chi connectivity index (χ3n) is 3.81. The molecule has 2 rings (SSSR count). The lowest BCUT2D eigenvalue weighted by Gasteiger charge is -2.12. The van der Waals surface area contributed by atoms with Gasteiger partial charge in [-0.25, -0.2) is 0 Å². The lowest BCUT2D eigenvalue weighted by molar-refractivity contribution is 0.104. The fourth-order valence-electron chi connectivity index (χ4n) is 2.44. The number of ketones is 1. The van der Waals surface area contributed by atoms with E-state index < -0.39 is 0 Å². The first-order valence-corrected chi connectivity index (χ1v) is 7.82. The molecule has 0 bridgehead atoms. The van der Waals surface area contributed by atoms with Gasteiger partial charge in [0.15, 0.2) is 28.8 Å². The Kier molecular flexibility index (Phi) is 6.49. The second-order valence-corrected chi connectivity index (χ2v) is 5.22. The number of ether oxygens (including phenoxy) is 5. The summed E-state index contributed by atoms with van der Waals surface area (Å²) < 4.78 is 26.3. The Bertz CT molecular complexity index is 810. The summed E-state index contributed by atoms with van der Waals surface area (Å²) in [5.41, 5.74) is 1.18. The number of carbonyl (C=O) groups excluding carboxylic acids is 1. The molecule has 26 heavy (non-hydrogen) atoms. The highest BCUT2D eigenvalue weighted by Crippen LogP contribution is 2.35. The third kappa shape index (κ3) is 4.08. The van der Waals surface area contributed by atoms with E-state index in [2.05, 4.69) is 0 Å². The van der Waals surface area contributed by atoms with Crippen LogP contribution in [0.1, 0.15) is 15.9 Å². The van der Waals surface area contributed by atoms with Crippen molar-refractivity contribution in [3.63, 3.8) is 0 Å². The predicted octanol–water partition coefficient (Wildman–Crippen LogP) is 3.63. The van der Waals surface area contributed by atoms with E-state index in [4.69, 9.17) is 23.7 Å². The molecule has 138 valence electrons. The summed E-state index contributed by atoms with van der Waals surface area (Å²) in [4.78, 5) is 12.6. The number of methoxy groups -OCH3 is 5. The lowest BCUT2D eigenvalue weighted by Crippen LogP contribution is -2.01. The first-order chi connectivity index (χ1) is 12.6. The Morgan fingerprint density at radius 2 is 1.23 bits per heavy atom. The van der Waals surface area contributed by atoms with E-state index >= 15 is 0 Å². The number of rotatable bonds is 8. The molecule has 0 fully saturated rings. The fraction of sp³-hybridized carbons (Fsp3) is 0.250. The van der Waals surface area contributed by atoms with Gasteiger partial charge in [-0.3, -0.25) is 4.79 Å². The van der Waals surface area contributed by atoms with Crippen molar-refractivity contribution in [2.45, 2.75) is 0 Å². The van der Waals surface area contributed by atoms with E-state index in [1.54, 1.807) is 44.6 Å². The van der Waals surface area contributed by atoms with Crippen molar-refractivity contribution in [2.24, 2.45) is 0 Å². The SMILES string of the molecule is COc1ccc(C=CC(=O)c2cc(OC)c(OC)cc2OC)cc1OC. The highest BCUT2D eigenvalue weighted by atomic mass is 16.5. The quantitative estimate of drug-likeness (QED) is 0.530. The zero-order valence-corrected chi connectivity index (χ0v) is 15.5. The maximum absolute atomic E-state index is 12.6. The summed E-state index contributed by atoms with van der Waals surface area (Å²) in [6.45, 7) is 0. The maximum atomic E-state index is 12.6. The van der Waals surface area contributed by atoms with Crippen molar-refractivity contribution in [3.05, 3.63) is 47.5 Å². The fourth-order valence-corrected chi connectivity index (χ4v) is 2.44. The highest BCUT2D eigenvalue weighted by molar-refractivity contribution is 6.09. The van der Waals surface area contributed by atoms with E-state index in [0.717, 1.165) is 5.56 Å². The van der Waals surface area contributed by atoms with Crippen LogP contribution in [-0.2, 0) is 0 Å². The molecule has 0 saturated carbocycles. The molecule has 2 aromatic carbocycles. The number of carbonyl (C=O) groups is 1. The van der Waals surface area contributed by atoms with Crippen LogP contribution in [0, 0.1) is 0 Å². The molecule has 0 radical (unpaired) electrons. The maximum Gasteiger partial charge on any atom is 0.189 e. The predicted molar refractivity (Wildman–Crippen MR) is 99.0 cm³/mol. The monoisotopic (exact) mass is 358 g/mol. The molecule has 0 amide bonds. The Morgan fingerprint density at radius 3 is 1.81 bits per heavy atom. The molecule has 0 aliphatic rings. The van der Waals surface area contributed by atoms with Gasteiger partial charge in [-0.2, -0.15) is 0 Å². The average Bonchev–Trinajstić information content (AvgIpc) is 2.70. The van der Waals surface area contributed by atoms with Crippen molar-refractivity contribution >= 4 is 11.9 Å². The molecule has 6 heteroatoms. The number of benzene rings is 2. The zero-order valence-electron chi connectivity index (χ0n) is 15.5. The van der Waals surface area contributed by atoms with Crippen molar-refractivity contribution in [3.8, 4) is 28.7 Å². The van der Waals surface area contributed by atoms with Crippen LogP contribution in [0.25, 0.3) is 6.08 Å². The Balaban J connectivity index is 2.33. The molecule has 2 aromatic rings. The second kappa shape index (κ2) is 8.80. The number of hydrogen-bond donors (Lipinski definition) is 0. The summed E-state index contributed by atoms with van der Waals surface area (Å²) in [5, 5.41) is 0. The molecule has 0 atom stereocenters. The van der Waals surface area contributed by atoms with Crippen LogP contribution in [0.4, 0.5) is 0 Å². The summed E-state index contributed by atoms with van der Waals surface area (Å²) >= 11 is 0. The van der Waals surface area contributed by atoms with Gasteiger partial charge in [-0.15, -0.1) is 0 Å². The summed E-state index contributed by atoms with van der Waals surface area (Å²) in [7, 11) is 7.66. The Morgan fingerprint density at radius 1 is 0.692 bits per heavy atom. The molecule has 0 unspecified atom stereocenters. The minimum atomic E-state index is -0.224. The van der Waals surface area contributed by atoms with Crippen LogP contribution in [0.5, 0.6) is 28.7 Å². The second-order valence-electron chi connectivity index (χ2n) is 5.22. The molecule has 0 saturated heterocycles. The first-order valence-electron chi connectivity index (χ1n) is 7.82. The molecule has 6 nitrogen and oxygen atoms in total. The van der Waals surface area contributed by atoms with E-state index in [1.807, 2.05) is 6.07 Å². The highest BCUT2D eigenvalue weighted by Gasteiger charge is 2.16. The first kappa shape index (κ1) is 19.2. The lowest BCUT2D eigenvalue weighted by atomic mass is 10.1.